The molecule has 1 heterocycles. The minimum Gasteiger partial charge on any atom is -0.323 e. The summed E-state index contributed by atoms with van der Waals surface area (Å²) in [6.07, 6.45) is 8.56. The second-order valence-corrected chi connectivity index (χ2v) is 4.73. The van der Waals surface area contributed by atoms with Crippen LogP contribution in [0.25, 0.3) is 0 Å². The van der Waals surface area contributed by atoms with Gasteiger partial charge in [0.25, 0.3) is 0 Å². The first-order valence-corrected chi connectivity index (χ1v) is 6.11. The number of amides is 1. The first-order chi connectivity index (χ1) is 8.15. The molecule has 4 heteroatoms. The van der Waals surface area contributed by atoms with Crippen molar-refractivity contribution in [3.63, 3.8) is 0 Å². The molecular formula is C13H15ClN2O. The summed E-state index contributed by atoms with van der Waals surface area (Å²) in [6, 6.07) is 1.83. The van der Waals surface area contributed by atoms with Gasteiger partial charge < -0.3 is 5.32 Å². The van der Waals surface area contributed by atoms with Gasteiger partial charge in [0.1, 0.15) is 0 Å². The Morgan fingerprint density at radius 3 is 3.18 bits per heavy atom. The third kappa shape index (κ3) is 3.30. The molecule has 0 bridgehead atoms. The number of hydrogen-bond donors (Lipinski definition) is 1. The lowest BCUT2D eigenvalue weighted by Crippen LogP contribution is -2.15. The van der Waals surface area contributed by atoms with E-state index in [1.165, 1.54) is 0 Å². The van der Waals surface area contributed by atoms with E-state index in [1.807, 2.05) is 13.0 Å². The molecular weight excluding hydrogens is 236 g/mol. The number of nitrogens with zero attached hydrogens (tertiary/aromatic N) is 1. The van der Waals surface area contributed by atoms with E-state index in [4.69, 9.17) is 11.6 Å². The summed E-state index contributed by atoms with van der Waals surface area (Å²) in [6.45, 7) is 1.92. The fourth-order valence-corrected chi connectivity index (χ4v) is 2.10. The molecule has 2 rings (SSSR count). The molecule has 0 saturated carbocycles. The Morgan fingerprint density at radius 2 is 2.47 bits per heavy atom. The average molecular weight is 251 g/mol. The molecule has 1 unspecified atom stereocenters. The highest BCUT2D eigenvalue weighted by atomic mass is 35.5. The van der Waals surface area contributed by atoms with E-state index in [1.54, 1.807) is 6.20 Å². The lowest BCUT2D eigenvalue weighted by molar-refractivity contribution is -0.116. The number of allylic oxidation sites excluding steroid dienone is 2. The van der Waals surface area contributed by atoms with Gasteiger partial charge >= 0.3 is 0 Å². The van der Waals surface area contributed by atoms with Crippen molar-refractivity contribution in [1.82, 2.24) is 4.98 Å². The number of aryl methyl sites for hydroxylation is 1. The molecule has 1 aliphatic rings. The molecule has 0 fully saturated rings. The smallest absolute Gasteiger partial charge is 0.225 e. The van der Waals surface area contributed by atoms with Crippen LogP contribution in [0.15, 0.2) is 24.4 Å². The van der Waals surface area contributed by atoms with Crippen LogP contribution in [0.4, 0.5) is 5.69 Å². The molecule has 0 spiro atoms. The van der Waals surface area contributed by atoms with Crippen molar-refractivity contribution in [2.45, 2.75) is 26.2 Å². The third-order valence-electron chi connectivity index (χ3n) is 2.81. The number of carbonyl (C=O) groups is 1. The molecule has 0 aliphatic heterocycles. The third-order valence-corrected chi connectivity index (χ3v) is 3.11. The van der Waals surface area contributed by atoms with E-state index < -0.39 is 0 Å². The molecule has 0 saturated heterocycles. The van der Waals surface area contributed by atoms with Crippen molar-refractivity contribution in [2.24, 2.45) is 5.92 Å². The van der Waals surface area contributed by atoms with Gasteiger partial charge in [-0.1, -0.05) is 23.8 Å². The van der Waals surface area contributed by atoms with E-state index in [0.29, 0.717) is 23.2 Å². The summed E-state index contributed by atoms with van der Waals surface area (Å²) in [5.74, 6) is 0.363. The van der Waals surface area contributed by atoms with Crippen LogP contribution in [-0.4, -0.2) is 10.9 Å². The first kappa shape index (κ1) is 12.1. The lowest BCUT2D eigenvalue weighted by atomic mass is 10.1. The van der Waals surface area contributed by atoms with Gasteiger partial charge in [0.2, 0.25) is 5.91 Å². The topological polar surface area (TPSA) is 42.0 Å². The Morgan fingerprint density at radius 1 is 1.65 bits per heavy atom. The minimum atomic E-state index is -0.00384. The number of hydrogen-bond acceptors (Lipinski definition) is 2. The van der Waals surface area contributed by atoms with E-state index in [0.717, 1.165) is 18.4 Å². The molecule has 1 atom stereocenters. The standard InChI is InChI=1S/C13H15ClN2O/c1-9-6-11(13(14)15-8-9)16-12(17)7-10-4-2-3-5-10/h2,4,6,8,10H,3,5,7H2,1H3,(H,16,17). The average Bonchev–Trinajstić information content (AvgIpc) is 2.76. The van der Waals surface area contributed by atoms with Gasteiger partial charge in [-0.15, -0.1) is 0 Å². The highest BCUT2D eigenvalue weighted by Crippen LogP contribution is 2.23. The molecule has 0 aromatic carbocycles. The van der Waals surface area contributed by atoms with Crippen LogP contribution in [0.5, 0.6) is 0 Å². The Kier molecular flexibility index (Phi) is 3.79. The highest BCUT2D eigenvalue weighted by molar-refractivity contribution is 6.32. The highest BCUT2D eigenvalue weighted by Gasteiger charge is 2.15. The van der Waals surface area contributed by atoms with Crippen molar-refractivity contribution in [2.75, 3.05) is 5.32 Å². The molecule has 1 aromatic heterocycles. The van der Waals surface area contributed by atoms with Crippen LogP contribution >= 0.6 is 11.6 Å². The number of pyridine rings is 1. The lowest BCUT2D eigenvalue weighted by Gasteiger charge is -2.10. The molecule has 1 aromatic rings. The van der Waals surface area contributed by atoms with E-state index in [2.05, 4.69) is 22.5 Å². The van der Waals surface area contributed by atoms with Gasteiger partial charge in [-0.3, -0.25) is 4.79 Å². The van der Waals surface area contributed by atoms with E-state index in [9.17, 15) is 4.79 Å². The largest absolute Gasteiger partial charge is 0.323 e. The maximum absolute atomic E-state index is 11.8. The number of anilines is 1. The molecule has 17 heavy (non-hydrogen) atoms. The monoisotopic (exact) mass is 250 g/mol. The summed E-state index contributed by atoms with van der Waals surface area (Å²) < 4.78 is 0. The maximum Gasteiger partial charge on any atom is 0.225 e. The second-order valence-electron chi connectivity index (χ2n) is 4.37. The molecule has 1 N–H and O–H groups in total. The normalized spacial score (nSPS) is 18.4. The summed E-state index contributed by atoms with van der Waals surface area (Å²) in [5.41, 5.74) is 1.57. The number of aromatic nitrogens is 1. The number of halogens is 1. The van der Waals surface area contributed by atoms with Crippen molar-refractivity contribution < 1.29 is 4.79 Å². The van der Waals surface area contributed by atoms with E-state index >= 15 is 0 Å². The van der Waals surface area contributed by atoms with E-state index in [-0.39, 0.29) is 5.91 Å². The van der Waals surface area contributed by atoms with Crippen molar-refractivity contribution >= 4 is 23.2 Å². The maximum atomic E-state index is 11.8. The summed E-state index contributed by atoms with van der Waals surface area (Å²) in [7, 11) is 0. The molecule has 1 amide bonds. The van der Waals surface area contributed by atoms with Gasteiger partial charge in [0.15, 0.2) is 5.15 Å². The second kappa shape index (κ2) is 5.32. The summed E-state index contributed by atoms with van der Waals surface area (Å²) >= 11 is 5.92. The number of carbonyl (C=O) groups excluding carboxylic acids is 1. The fraction of sp³-hybridized carbons (Fsp3) is 0.385. The van der Waals surface area contributed by atoms with Crippen molar-refractivity contribution in [1.29, 1.82) is 0 Å². The van der Waals surface area contributed by atoms with Crippen LogP contribution in [0.3, 0.4) is 0 Å². The van der Waals surface area contributed by atoms with Crippen molar-refractivity contribution in [3.05, 3.63) is 35.1 Å². The Labute approximate surface area is 106 Å². The molecule has 3 nitrogen and oxygen atoms in total. The number of rotatable bonds is 3. The SMILES string of the molecule is Cc1cnc(Cl)c(NC(=O)CC2C=CCC2)c1. The van der Waals surface area contributed by atoms with Gasteiger partial charge in [-0.05, 0) is 37.3 Å². The predicted molar refractivity (Wildman–Crippen MR) is 69.1 cm³/mol. The van der Waals surface area contributed by atoms with Crippen LogP contribution in [0, 0.1) is 12.8 Å². The van der Waals surface area contributed by atoms with Crippen LogP contribution in [0.2, 0.25) is 5.15 Å². The molecule has 90 valence electrons. The number of nitrogens with one attached hydrogen (secondary N) is 1. The Hall–Kier alpha value is -1.35. The Balaban J connectivity index is 1.97. The van der Waals surface area contributed by atoms with Gasteiger partial charge in [0.05, 0.1) is 5.69 Å². The van der Waals surface area contributed by atoms with Crippen LogP contribution in [0.1, 0.15) is 24.8 Å². The quantitative estimate of drug-likeness (QED) is 0.660. The summed E-state index contributed by atoms with van der Waals surface area (Å²) in [5, 5.41) is 3.15. The predicted octanol–water partition coefficient (Wildman–Crippen LogP) is 3.34. The summed E-state index contributed by atoms with van der Waals surface area (Å²) in [4.78, 5) is 15.8. The van der Waals surface area contributed by atoms with Gasteiger partial charge in [-0.25, -0.2) is 4.98 Å². The zero-order valence-electron chi connectivity index (χ0n) is 9.74. The van der Waals surface area contributed by atoms with Gasteiger partial charge in [-0.2, -0.15) is 0 Å². The van der Waals surface area contributed by atoms with Crippen LogP contribution in [-0.2, 0) is 4.79 Å². The first-order valence-electron chi connectivity index (χ1n) is 5.74. The fourth-order valence-electron chi connectivity index (χ4n) is 1.94. The Bertz CT molecular complexity index is 457. The van der Waals surface area contributed by atoms with Crippen molar-refractivity contribution in [3.8, 4) is 0 Å². The zero-order chi connectivity index (χ0) is 12.3. The van der Waals surface area contributed by atoms with Gasteiger partial charge in [0, 0.05) is 12.6 Å². The minimum absolute atomic E-state index is 0.00384. The molecule has 1 aliphatic carbocycles. The zero-order valence-corrected chi connectivity index (χ0v) is 10.5. The molecule has 0 radical (unpaired) electrons. The van der Waals surface area contributed by atoms with Crippen LogP contribution < -0.4 is 5.32 Å².